The van der Waals surface area contributed by atoms with Crippen molar-refractivity contribution < 1.29 is 21.6 Å². The maximum absolute atomic E-state index is 13.5. The number of ether oxygens (including phenoxy) is 1. The van der Waals surface area contributed by atoms with Crippen LogP contribution in [0.2, 0.25) is 5.02 Å². The zero-order chi connectivity index (χ0) is 24.5. The minimum absolute atomic E-state index is 0.0629. The number of nitrogens with zero attached hydrogens (tertiary/aromatic N) is 2. The largest absolute Gasteiger partial charge is 0.497 e. The summed E-state index contributed by atoms with van der Waals surface area (Å²) in [7, 11) is -5.92. The Kier molecular flexibility index (Phi) is 6.57. The van der Waals surface area contributed by atoms with E-state index in [2.05, 4.69) is 9.82 Å². The van der Waals surface area contributed by atoms with Crippen molar-refractivity contribution in [3.8, 4) is 5.75 Å². The van der Waals surface area contributed by atoms with Gasteiger partial charge in [-0.3, -0.25) is 4.72 Å². The summed E-state index contributed by atoms with van der Waals surface area (Å²) in [6.45, 7) is 0. The van der Waals surface area contributed by atoms with Crippen LogP contribution in [0.3, 0.4) is 0 Å². The molecule has 0 saturated heterocycles. The average Bonchev–Trinajstić information content (AvgIpc) is 3.25. The van der Waals surface area contributed by atoms with E-state index < -0.39 is 26.1 Å². The Balaban J connectivity index is 1.77. The first-order valence-corrected chi connectivity index (χ1v) is 13.9. The highest BCUT2D eigenvalue weighted by Crippen LogP contribution is 2.38. The minimum Gasteiger partial charge on any atom is -0.497 e. The van der Waals surface area contributed by atoms with E-state index in [0.717, 1.165) is 16.2 Å². The van der Waals surface area contributed by atoms with Crippen molar-refractivity contribution in [2.45, 2.75) is 17.4 Å². The van der Waals surface area contributed by atoms with Gasteiger partial charge < -0.3 is 4.74 Å². The summed E-state index contributed by atoms with van der Waals surface area (Å²) in [5, 5.41) is 4.91. The predicted octanol–water partition coefficient (Wildman–Crippen LogP) is 4.26. The molecular weight excluding hydrogens is 498 g/mol. The van der Waals surface area contributed by atoms with Gasteiger partial charge in [0.1, 0.15) is 5.75 Å². The normalized spacial score (nSPS) is 16.3. The van der Waals surface area contributed by atoms with Crippen LogP contribution in [0.15, 0.2) is 82.8 Å². The minimum atomic E-state index is -4.00. The fourth-order valence-electron chi connectivity index (χ4n) is 3.65. The number of anilines is 1. The molecule has 178 valence electrons. The molecule has 0 fully saturated rings. The second-order valence-corrected chi connectivity index (χ2v) is 11.7. The molecule has 3 aromatic carbocycles. The molecule has 3 aromatic rings. The van der Waals surface area contributed by atoms with E-state index in [1.54, 1.807) is 55.6 Å². The summed E-state index contributed by atoms with van der Waals surface area (Å²) in [4.78, 5) is 0.0629. The molecular formula is C23H22ClN3O5S2. The van der Waals surface area contributed by atoms with Crippen LogP contribution in [-0.4, -0.2) is 40.3 Å². The maximum Gasteiger partial charge on any atom is 0.279 e. The second-order valence-electron chi connectivity index (χ2n) is 7.73. The van der Waals surface area contributed by atoms with Crippen LogP contribution in [0.4, 0.5) is 5.69 Å². The second kappa shape index (κ2) is 9.28. The number of sulfonamides is 2. The Morgan fingerprint density at radius 1 is 1.00 bits per heavy atom. The molecule has 1 aliphatic heterocycles. The van der Waals surface area contributed by atoms with E-state index in [4.69, 9.17) is 16.3 Å². The molecule has 1 N–H and O–H groups in total. The zero-order valence-corrected chi connectivity index (χ0v) is 20.7. The average molecular weight is 520 g/mol. The van der Waals surface area contributed by atoms with E-state index in [0.29, 0.717) is 34.2 Å². The lowest BCUT2D eigenvalue weighted by molar-refractivity contribution is 0.370. The molecule has 0 unspecified atom stereocenters. The topological polar surface area (TPSA) is 105 Å². The van der Waals surface area contributed by atoms with E-state index in [-0.39, 0.29) is 4.90 Å². The monoisotopic (exact) mass is 519 g/mol. The van der Waals surface area contributed by atoms with Crippen LogP contribution in [0.1, 0.15) is 23.6 Å². The van der Waals surface area contributed by atoms with Crippen molar-refractivity contribution >= 4 is 43.0 Å². The first kappa shape index (κ1) is 24.1. The van der Waals surface area contributed by atoms with E-state index in [1.165, 1.54) is 24.3 Å². The van der Waals surface area contributed by atoms with E-state index in [1.807, 2.05) is 0 Å². The van der Waals surface area contributed by atoms with Crippen LogP contribution < -0.4 is 9.46 Å². The zero-order valence-electron chi connectivity index (χ0n) is 18.3. The Morgan fingerprint density at radius 3 is 2.29 bits per heavy atom. The molecule has 1 heterocycles. The Bertz CT molecular complexity index is 1440. The summed E-state index contributed by atoms with van der Waals surface area (Å²) < 4.78 is 59.1. The standard InChI is InChI=1S/C23H22ClN3O5S2/c1-32-20-10-6-16(7-11-20)23-15-22(17-4-3-5-19(14-17)26-33(2,28)29)25-27(23)34(30,31)21-12-8-18(24)9-13-21/h3-14,23,26H,15H2,1-2H3/t23-/m1/s1. The highest BCUT2D eigenvalue weighted by Gasteiger charge is 2.37. The van der Waals surface area contributed by atoms with Crippen molar-refractivity contribution in [3.05, 3.63) is 88.9 Å². The molecule has 4 rings (SSSR count). The number of benzene rings is 3. The van der Waals surface area contributed by atoms with Crippen LogP contribution >= 0.6 is 11.6 Å². The van der Waals surface area contributed by atoms with E-state index in [9.17, 15) is 16.8 Å². The number of hydrogen-bond acceptors (Lipinski definition) is 6. The molecule has 0 saturated carbocycles. The Labute approximate surface area is 203 Å². The van der Waals surface area contributed by atoms with Crippen LogP contribution in [0.25, 0.3) is 0 Å². The van der Waals surface area contributed by atoms with Gasteiger partial charge in [0.2, 0.25) is 10.0 Å². The van der Waals surface area contributed by atoms with Crippen molar-refractivity contribution in [3.63, 3.8) is 0 Å². The number of rotatable bonds is 7. The van der Waals surface area contributed by atoms with Crippen molar-refractivity contribution in [2.24, 2.45) is 5.10 Å². The number of halogens is 1. The Hall–Kier alpha value is -3.08. The number of hydrogen-bond donors (Lipinski definition) is 1. The lowest BCUT2D eigenvalue weighted by Crippen LogP contribution is -2.27. The van der Waals surface area contributed by atoms with Gasteiger partial charge in [0.05, 0.1) is 30.0 Å². The molecule has 0 bridgehead atoms. The molecule has 1 atom stereocenters. The Morgan fingerprint density at radius 2 is 1.68 bits per heavy atom. The van der Waals surface area contributed by atoms with Gasteiger partial charge >= 0.3 is 0 Å². The molecule has 0 spiro atoms. The third-order valence-corrected chi connectivity index (χ3v) is 7.78. The predicted molar refractivity (Wildman–Crippen MR) is 132 cm³/mol. The quantitative estimate of drug-likeness (QED) is 0.502. The highest BCUT2D eigenvalue weighted by atomic mass is 35.5. The lowest BCUT2D eigenvalue weighted by Gasteiger charge is -2.23. The van der Waals surface area contributed by atoms with Crippen LogP contribution in [-0.2, 0) is 20.0 Å². The van der Waals surface area contributed by atoms with Crippen molar-refractivity contribution in [1.29, 1.82) is 0 Å². The van der Waals surface area contributed by atoms with Crippen LogP contribution in [0, 0.1) is 0 Å². The number of methoxy groups -OCH3 is 1. The van der Waals surface area contributed by atoms with Gasteiger partial charge in [-0.15, -0.1) is 0 Å². The highest BCUT2D eigenvalue weighted by molar-refractivity contribution is 7.92. The molecule has 1 aliphatic rings. The first-order valence-electron chi connectivity index (χ1n) is 10.2. The summed E-state index contributed by atoms with van der Waals surface area (Å²) in [6, 6.07) is 19.1. The van der Waals surface area contributed by atoms with E-state index >= 15 is 0 Å². The van der Waals surface area contributed by atoms with Gasteiger partial charge in [-0.2, -0.15) is 17.9 Å². The smallest absolute Gasteiger partial charge is 0.279 e. The molecule has 8 nitrogen and oxygen atoms in total. The third kappa shape index (κ3) is 5.19. The SMILES string of the molecule is COc1ccc([C@H]2CC(c3cccc(NS(C)(=O)=O)c3)=NN2S(=O)(=O)c2ccc(Cl)cc2)cc1. The van der Waals surface area contributed by atoms with Crippen molar-refractivity contribution in [2.75, 3.05) is 18.1 Å². The number of hydrazone groups is 1. The molecule has 0 aromatic heterocycles. The fraction of sp³-hybridized carbons (Fsp3) is 0.174. The molecule has 0 radical (unpaired) electrons. The van der Waals surface area contributed by atoms with Gasteiger partial charge in [-0.05, 0) is 59.7 Å². The van der Waals surface area contributed by atoms with Crippen molar-refractivity contribution in [1.82, 2.24) is 4.41 Å². The fourth-order valence-corrected chi connectivity index (χ4v) is 5.76. The molecule has 0 aliphatic carbocycles. The first-order chi connectivity index (χ1) is 16.1. The summed E-state index contributed by atoms with van der Waals surface area (Å²) in [5.74, 6) is 0.648. The lowest BCUT2D eigenvalue weighted by atomic mass is 9.99. The van der Waals surface area contributed by atoms with Crippen LogP contribution in [0.5, 0.6) is 5.75 Å². The molecule has 0 amide bonds. The van der Waals surface area contributed by atoms with Gasteiger partial charge in [0, 0.05) is 17.1 Å². The molecule has 11 heteroatoms. The maximum atomic E-state index is 13.5. The summed E-state index contributed by atoms with van der Waals surface area (Å²) in [6.07, 6.45) is 1.36. The molecule has 34 heavy (non-hydrogen) atoms. The van der Waals surface area contributed by atoms with Gasteiger partial charge in [-0.1, -0.05) is 35.9 Å². The van der Waals surface area contributed by atoms with Gasteiger partial charge in [0.15, 0.2) is 0 Å². The number of nitrogens with one attached hydrogen (secondary N) is 1. The van der Waals surface area contributed by atoms with Gasteiger partial charge in [-0.25, -0.2) is 8.42 Å². The third-order valence-electron chi connectivity index (χ3n) is 5.23. The summed E-state index contributed by atoms with van der Waals surface area (Å²) in [5.41, 5.74) is 2.22. The summed E-state index contributed by atoms with van der Waals surface area (Å²) >= 11 is 5.94. The van der Waals surface area contributed by atoms with Gasteiger partial charge in [0.25, 0.3) is 10.0 Å².